The highest BCUT2D eigenvalue weighted by Crippen LogP contribution is 2.32. The molecule has 3 amide bonds. The van der Waals surface area contributed by atoms with Gasteiger partial charge in [-0.05, 0) is 66.9 Å². The molecule has 1 fully saturated rings. The lowest BCUT2D eigenvalue weighted by Crippen LogP contribution is -2.53. The van der Waals surface area contributed by atoms with E-state index in [9.17, 15) is 18.8 Å². The summed E-state index contributed by atoms with van der Waals surface area (Å²) in [5.41, 5.74) is 2.04. The molecule has 0 bridgehead atoms. The summed E-state index contributed by atoms with van der Waals surface area (Å²) in [6, 6.07) is 17.5. The van der Waals surface area contributed by atoms with E-state index in [2.05, 4.69) is 10.6 Å². The molecule has 9 nitrogen and oxygen atoms in total. The molecule has 0 aliphatic carbocycles. The van der Waals surface area contributed by atoms with Crippen LogP contribution in [-0.2, 0) is 16.1 Å². The number of fused-ring (bicyclic) bond motifs is 2. The molecule has 0 radical (unpaired) electrons. The number of carbonyl (C=O) groups excluding carboxylic acids is 3. The number of carbonyl (C=O) groups is 3. The molecule has 3 aromatic rings. The van der Waals surface area contributed by atoms with E-state index in [1.807, 2.05) is 0 Å². The van der Waals surface area contributed by atoms with Crippen LogP contribution in [0, 0.1) is 5.82 Å². The van der Waals surface area contributed by atoms with Crippen LogP contribution in [0.1, 0.15) is 45.5 Å². The summed E-state index contributed by atoms with van der Waals surface area (Å²) < 4.78 is 30.6. The van der Waals surface area contributed by atoms with Gasteiger partial charge in [-0.25, -0.2) is 4.39 Å². The van der Waals surface area contributed by atoms with E-state index in [0.717, 1.165) is 5.56 Å². The average Bonchev–Trinajstić information content (AvgIpc) is 2.99. The monoisotopic (exact) mass is 561 g/mol. The zero-order valence-electron chi connectivity index (χ0n) is 22.9. The third-order valence-corrected chi connectivity index (χ3v) is 7.42. The van der Waals surface area contributed by atoms with Gasteiger partial charge in [-0.2, -0.15) is 0 Å². The number of methoxy groups -OCH3 is 1. The van der Waals surface area contributed by atoms with Gasteiger partial charge in [-0.15, -0.1) is 0 Å². The highest BCUT2D eigenvalue weighted by atomic mass is 19.1. The standard InChI is InChI=1S/C31H32FN3O6/c1-35-26-12-11-24(16-29(36)33-17-19-6-8-21(32)9-7-19)41-28(26)18-40-27-13-10-22(15-25(27)31(35)38)34-30(37)20-4-3-5-23(14-20)39-2/h3-10,13-15,24,26,28H,11-12,16-18H2,1-2H3,(H,33,36)(H,34,37)/t24-,26+,28+/m0/s1. The number of benzene rings is 3. The van der Waals surface area contributed by atoms with Gasteiger partial charge in [0, 0.05) is 24.8 Å². The van der Waals surface area contributed by atoms with Crippen molar-refractivity contribution in [1.82, 2.24) is 10.2 Å². The zero-order valence-corrected chi connectivity index (χ0v) is 22.9. The number of nitrogens with one attached hydrogen (secondary N) is 2. The molecule has 5 rings (SSSR count). The van der Waals surface area contributed by atoms with Crippen molar-refractivity contribution in [2.45, 2.75) is 44.1 Å². The Kier molecular flexibility index (Phi) is 8.49. The Labute approximate surface area is 237 Å². The van der Waals surface area contributed by atoms with E-state index in [1.165, 1.54) is 19.2 Å². The van der Waals surface area contributed by atoms with E-state index >= 15 is 0 Å². The van der Waals surface area contributed by atoms with Gasteiger partial charge in [0.05, 0.1) is 31.2 Å². The first-order chi connectivity index (χ1) is 19.8. The summed E-state index contributed by atoms with van der Waals surface area (Å²) in [6.45, 7) is 0.509. The molecular formula is C31H32FN3O6. The molecular weight excluding hydrogens is 529 g/mol. The molecule has 3 atom stereocenters. The van der Waals surface area contributed by atoms with Crippen LogP contribution in [0.4, 0.5) is 10.1 Å². The minimum Gasteiger partial charge on any atom is -0.497 e. The minimum absolute atomic E-state index is 0.164. The van der Waals surface area contributed by atoms with E-state index in [0.29, 0.717) is 47.7 Å². The normalized spacial score (nSPS) is 20.0. The maximum Gasteiger partial charge on any atom is 0.257 e. The van der Waals surface area contributed by atoms with Crippen LogP contribution in [0.15, 0.2) is 66.7 Å². The molecule has 0 saturated carbocycles. The summed E-state index contributed by atoms with van der Waals surface area (Å²) in [4.78, 5) is 40.5. The number of nitrogens with zero attached hydrogens (tertiary/aromatic N) is 1. The van der Waals surface area contributed by atoms with Gasteiger partial charge in [0.25, 0.3) is 11.8 Å². The van der Waals surface area contributed by atoms with Crippen LogP contribution in [0.2, 0.25) is 0 Å². The van der Waals surface area contributed by atoms with Gasteiger partial charge >= 0.3 is 0 Å². The number of ether oxygens (including phenoxy) is 3. The van der Waals surface area contributed by atoms with E-state index in [1.54, 1.807) is 66.5 Å². The average molecular weight is 562 g/mol. The lowest BCUT2D eigenvalue weighted by Gasteiger charge is -2.42. The van der Waals surface area contributed by atoms with Crippen molar-refractivity contribution in [1.29, 1.82) is 0 Å². The molecule has 2 N–H and O–H groups in total. The Morgan fingerprint density at radius 1 is 1.07 bits per heavy atom. The first-order valence-electron chi connectivity index (χ1n) is 13.5. The van der Waals surface area contributed by atoms with Crippen LogP contribution in [0.25, 0.3) is 0 Å². The molecule has 214 valence electrons. The zero-order chi connectivity index (χ0) is 28.9. The molecule has 2 heterocycles. The van der Waals surface area contributed by atoms with Gasteiger partial charge < -0.3 is 29.7 Å². The van der Waals surface area contributed by atoms with Gasteiger partial charge in [0.1, 0.15) is 30.0 Å². The summed E-state index contributed by atoms with van der Waals surface area (Å²) in [5.74, 6) is -0.103. The predicted molar refractivity (Wildman–Crippen MR) is 150 cm³/mol. The van der Waals surface area contributed by atoms with Crippen LogP contribution in [0.5, 0.6) is 11.5 Å². The largest absolute Gasteiger partial charge is 0.497 e. The highest BCUT2D eigenvalue weighted by molar-refractivity contribution is 6.05. The number of hydrogen-bond donors (Lipinski definition) is 2. The van der Waals surface area contributed by atoms with Crippen LogP contribution in [-0.4, -0.2) is 61.6 Å². The SMILES string of the molecule is COc1cccc(C(=O)Nc2ccc3c(c2)C(=O)N(C)[C@@H]2CC[C@@H](CC(=O)NCc4ccc(F)cc4)O[C@@H]2CO3)c1. The Bertz CT molecular complexity index is 1430. The van der Waals surface area contributed by atoms with Crippen molar-refractivity contribution < 1.29 is 33.0 Å². The second-order valence-electron chi connectivity index (χ2n) is 10.2. The number of halogens is 1. The summed E-state index contributed by atoms with van der Waals surface area (Å²) in [5, 5.41) is 5.68. The number of likely N-dealkylation sites (N-methyl/N-ethyl adjacent to an activating group) is 1. The van der Waals surface area contributed by atoms with Crippen LogP contribution < -0.4 is 20.1 Å². The van der Waals surface area contributed by atoms with Crippen molar-refractivity contribution in [2.75, 3.05) is 26.1 Å². The van der Waals surface area contributed by atoms with E-state index in [-0.39, 0.29) is 48.7 Å². The molecule has 2 aliphatic rings. The molecule has 2 aliphatic heterocycles. The van der Waals surface area contributed by atoms with Crippen LogP contribution >= 0.6 is 0 Å². The lowest BCUT2D eigenvalue weighted by molar-refractivity contribution is -0.134. The number of amides is 3. The quantitative estimate of drug-likeness (QED) is 0.449. The molecule has 0 spiro atoms. The maximum absolute atomic E-state index is 13.5. The fraction of sp³-hybridized carbons (Fsp3) is 0.323. The van der Waals surface area contributed by atoms with Gasteiger partial charge in [-0.3, -0.25) is 14.4 Å². The highest BCUT2D eigenvalue weighted by Gasteiger charge is 2.39. The molecule has 1 saturated heterocycles. The number of hydrogen-bond acceptors (Lipinski definition) is 6. The van der Waals surface area contributed by atoms with Gasteiger partial charge in [0.2, 0.25) is 5.91 Å². The van der Waals surface area contributed by atoms with E-state index < -0.39 is 6.10 Å². The van der Waals surface area contributed by atoms with Crippen LogP contribution in [0.3, 0.4) is 0 Å². The first kappa shape index (κ1) is 28.1. The maximum atomic E-state index is 13.5. The predicted octanol–water partition coefficient (Wildman–Crippen LogP) is 4.17. The Balaban J connectivity index is 1.21. The Hall–Kier alpha value is -4.44. The second kappa shape index (κ2) is 12.4. The fourth-order valence-corrected chi connectivity index (χ4v) is 5.15. The summed E-state index contributed by atoms with van der Waals surface area (Å²) in [6.07, 6.45) is 0.701. The van der Waals surface area contributed by atoms with Crippen molar-refractivity contribution >= 4 is 23.4 Å². The molecule has 0 unspecified atom stereocenters. The lowest BCUT2D eigenvalue weighted by atomic mass is 9.94. The first-order valence-corrected chi connectivity index (χ1v) is 13.5. The Morgan fingerprint density at radius 3 is 2.66 bits per heavy atom. The third kappa shape index (κ3) is 6.66. The van der Waals surface area contributed by atoms with Gasteiger partial charge in [-0.1, -0.05) is 18.2 Å². The third-order valence-electron chi connectivity index (χ3n) is 7.42. The molecule has 3 aromatic carbocycles. The molecule has 41 heavy (non-hydrogen) atoms. The Morgan fingerprint density at radius 2 is 1.88 bits per heavy atom. The fourth-order valence-electron chi connectivity index (χ4n) is 5.15. The summed E-state index contributed by atoms with van der Waals surface area (Å²) in [7, 11) is 3.26. The van der Waals surface area contributed by atoms with Gasteiger partial charge in [0.15, 0.2) is 0 Å². The molecule has 10 heteroatoms. The second-order valence-corrected chi connectivity index (χ2v) is 10.2. The minimum atomic E-state index is -0.409. The number of anilines is 1. The smallest absolute Gasteiger partial charge is 0.257 e. The number of rotatable bonds is 7. The van der Waals surface area contributed by atoms with Crippen molar-refractivity contribution in [3.05, 3.63) is 89.2 Å². The molecule has 0 aromatic heterocycles. The topological polar surface area (TPSA) is 106 Å². The van der Waals surface area contributed by atoms with E-state index in [4.69, 9.17) is 14.2 Å². The van der Waals surface area contributed by atoms with Crippen molar-refractivity contribution in [3.63, 3.8) is 0 Å². The van der Waals surface area contributed by atoms with Crippen molar-refractivity contribution in [2.24, 2.45) is 0 Å². The van der Waals surface area contributed by atoms with Crippen molar-refractivity contribution in [3.8, 4) is 11.5 Å². The summed E-state index contributed by atoms with van der Waals surface area (Å²) >= 11 is 0.